The number of aromatic hydroxyl groups is 1. The Labute approximate surface area is 84.7 Å². The van der Waals surface area contributed by atoms with Crippen LogP contribution in [0.25, 0.3) is 0 Å². The van der Waals surface area contributed by atoms with E-state index in [0.717, 1.165) is 0 Å². The molecule has 1 rings (SSSR count). The maximum absolute atomic E-state index is 13.3. The Balaban J connectivity index is 2.96. The van der Waals surface area contributed by atoms with Crippen molar-refractivity contribution in [2.75, 3.05) is 6.54 Å². The first-order valence-electron chi connectivity index (χ1n) is 4.02. The minimum absolute atomic E-state index is 0.310. The fourth-order valence-corrected chi connectivity index (χ4v) is 1.60. The van der Waals surface area contributed by atoms with Crippen molar-refractivity contribution in [3.05, 3.63) is 28.0 Å². The summed E-state index contributed by atoms with van der Waals surface area (Å²) in [5.74, 6) is -0.863. The highest BCUT2D eigenvalue weighted by molar-refractivity contribution is 9.10. The van der Waals surface area contributed by atoms with Gasteiger partial charge in [-0.05, 0) is 31.5 Å². The summed E-state index contributed by atoms with van der Waals surface area (Å²) in [5.41, 5.74) is 5.81. The number of benzene rings is 1. The average molecular weight is 248 g/mol. The van der Waals surface area contributed by atoms with Crippen molar-refractivity contribution in [1.29, 1.82) is 0 Å². The van der Waals surface area contributed by atoms with Gasteiger partial charge in [0, 0.05) is 10.0 Å². The second-order valence-corrected chi connectivity index (χ2v) is 3.61. The minimum Gasteiger partial charge on any atom is -0.505 e. The van der Waals surface area contributed by atoms with E-state index < -0.39 is 5.82 Å². The van der Waals surface area contributed by atoms with E-state index >= 15 is 0 Å². The quantitative estimate of drug-likeness (QED) is 0.861. The maximum atomic E-state index is 13.3. The fourth-order valence-electron chi connectivity index (χ4n) is 1.09. The standard InChI is InChI=1S/C9H11BrFNO/c10-7-3-4-8(13)9(11)6(7)2-1-5-12/h3-4,13H,1-2,5,12H2. The number of nitrogens with two attached hydrogens (primary N) is 1. The van der Waals surface area contributed by atoms with Gasteiger partial charge in [0.25, 0.3) is 0 Å². The van der Waals surface area contributed by atoms with E-state index in [1.165, 1.54) is 6.07 Å². The second kappa shape index (κ2) is 4.58. The van der Waals surface area contributed by atoms with Gasteiger partial charge < -0.3 is 10.8 Å². The van der Waals surface area contributed by atoms with Crippen LogP contribution in [0.3, 0.4) is 0 Å². The molecule has 1 aromatic carbocycles. The highest BCUT2D eigenvalue weighted by atomic mass is 79.9. The summed E-state index contributed by atoms with van der Waals surface area (Å²) in [6.07, 6.45) is 1.25. The van der Waals surface area contributed by atoms with Crippen molar-refractivity contribution in [3.63, 3.8) is 0 Å². The van der Waals surface area contributed by atoms with Gasteiger partial charge in [0.2, 0.25) is 0 Å². The predicted molar refractivity (Wildman–Crippen MR) is 53.1 cm³/mol. The molecular weight excluding hydrogens is 237 g/mol. The van der Waals surface area contributed by atoms with Gasteiger partial charge in [-0.25, -0.2) is 4.39 Å². The number of rotatable bonds is 3. The first kappa shape index (κ1) is 10.5. The van der Waals surface area contributed by atoms with Gasteiger partial charge in [0.05, 0.1) is 0 Å². The molecule has 72 valence electrons. The molecule has 0 aliphatic rings. The molecule has 4 heteroatoms. The smallest absolute Gasteiger partial charge is 0.169 e. The molecule has 0 saturated heterocycles. The van der Waals surface area contributed by atoms with Crippen molar-refractivity contribution in [2.24, 2.45) is 5.73 Å². The lowest BCUT2D eigenvalue weighted by atomic mass is 10.1. The van der Waals surface area contributed by atoms with E-state index in [-0.39, 0.29) is 5.75 Å². The summed E-state index contributed by atoms with van der Waals surface area (Å²) in [7, 11) is 0. The van der Waals surface area contributed by atoms with E-state index in [4.69, 9.17) is 10.8 Å². The normalized spacial score (nSPS) is 10.4. The fraction of sp³-hybridized carbons (Fsp3) is 0.333. The van der Waals surface area contributed by atoms with E-state index in [0.29, 0.717) is 29.4 Å². The van der Waals surface area contributed by atoms with E-state index in [1.54, 1.807) is 6.07 Å². The zero-order valence-corrected chi connectivity index (χ0v) is 8.64. The number of phenols is 1. The van der Waals surface area contributed by atoms with Gasteiger partial charge in [0.1, 0.15) is 0 Å². The Morgan fingerprint density at radius 1 is 1.46 bits per heavy atom. The lowest BCUT2D eigenvalue weighted by Gasteiger charge is -2.06. The molecule has 0 aliphatic carbocycles. The minimum atomic E-state index is -0.553. The molecule has 0 aliphatic heterocycles. The van der Waals surface area contributed by atoms with Crippen LogP contribution in [0.5, 0.6) is 5.75 Å². The molecule has 13 heavy (non-hydrogen) atoms. The van der Waals surface area contributed by atoms with Crippen LogP contribution in [0.1, 0.15) is 12.0 Å². The van der Waals surface area contributed by atoms with Crippen LogP contribution in [-0.4, -0.2) is 11.7 Å². The summed E-state index contributed by atoms with van der Waals surface area (Å²) in [6.45, 7) is 0.515. The van der Waals surface area contributed by atoms with Crippen LogP contribution in [0.2, 0.25) is 0 Å². The second-order valence-electron chi connectivity index (χ2n) is 2.75. The Kier molecular flexibility index (Phi) is 3.69. The number of hydrogen-bond donors (Lipinski definition) is 2. The Morgan fingerprint density at radius 2 is 2.15 bits per heavy atom. The van der Waals surface area contributed by atoms with Gasteiger partial charge in [-0.1, -0.05) is 15.9 Å². The van der Waals surface area contributed by atoms with Crippen LogP contribution in [-0.2, 0) is 6.42 Å². The highest BCUT2D eigenvalue weighted by Crippen LogP contribution is 2.27. The first-order valence-corrected chi connectivity index (χ1v) is 4.82. The molecule has 0 spiro atoms. The van der Waals surface area contributed by atoms with Crippen molar-refractivity contribution in [3.8, 4) is 5.75 Å². The third-order valence-electron chi connectivity index (χ3n) is 1.80. The number of phenolic OH excluding ortho intramolecular Hbond substituents is 1. The van der Waals surface area contributed by atoms with Crippen LogP contribution >= 0.6 is 15.9 Å². The summed E-state index contributed by atoms with van der Waals surface area (Å²) >= 11 is 3.22. The first-order chi connectivity index (χ1) is 6.16. The molecule has 0 fully saturated rings. The summed E-state index contributed by atoms with van der Waals surface area (Å²) in [6, 6.07) is 2.95. The van der Waals surface area contributed by atoms with Gasteiger partial charge in [-0.15, -0.1) is 0 Å². The molecule has 2 nitrogen and oxygen atoms in total. The van der Waals surface area contributed by atoms with Gasteiger partial charge >= 0.3 is 0 Å². The predicted octanol–water partition coefficient (Wildman–Crippen LogP) is 2.19. The molecule has 3 N–H and O–H groups in total. The highest BCUT2D eigenvalue weighted by Gasteiger charge is 2.10. The summed E-state index contributed by atoms with van der Waals surface area (Å²) in [5, 5.41) is 9.10. The molecule has 0 unspecified atom stereocenters. The monoisotopic (exact) mass is 247 g/mol. The molecule has 0 atom stereocenters. The lowest BCUT2D eigenvalue weighted by molar-refractivity contribution is 0.427. The third-order valence-corrected chi connectivity index (χ3v) is 2.54. The lowest BCUT2D eigenvalue weighted by Crippen LogP contribution is -2.02. The molecule has 0 amide bonds. The largest absolute Gasteiger partial charge is 0.505 e. The maximum Gasteiger partial charge on any atom is 0.169 e. The zero-order valence-electron chi connectivity index (χ0n) is 7.06. The Bertz CT molecular complexity index is 304. The third kappa shape index (κ3) is 2.42. The molecule has 0 aromatic heterocycles. The zero-order chi connectivity index (χ0) is 9.84. The number of halogens is 2. The van der Waals surface area contributed by atoms with Crippen LogP contribution in [0.4, 0.5) is 4.39 Å². The molecule has 1 aromatic rings. The van der Waals surface area contributed by atoms with Crippen molar-refractivity contribution < 1.29 is 9.50 Å². The summed E-state index contributed by atoms with van der Waals surface area (Å²) in [4.78, 5) is 0. The van der Waals surface area contributed by atoms with Crippen molar-refractivity contribution in [2.45, 2.75) is 12.8 Å². The van der Waals surface area contributed by atoms with Crippen LogP contribution in [0, 0.1) is 5.82 Å². The molecule has 0 radical (unpaired) electrons. The van der Waals surface area contributed by atoms with E-state index in [9.17, 15) is 4.39 Å². The van der Waals surface area contributed by atoms with Gasteiger partial charge in [-0.2, -0.15) is 0 Å². The summed E-state index contributed by atoms with van der Waals surface area (Å²) < 4.78 is 13.9. The van der Waals surface area contributed by atoms with Crippen molar-refractivity contribution in [1.82, 2.24) is 0 Å². The van der Waals surface area contributed by atoms with Crippen LogP contribution < -0.4 is 5.73 Å². The van der Waals surface area contributed by atoms with Crippen LogP contribution in [0.15, 0.2) is 16.6 Å². The molecular formula is C9H11BrFNO. The van der Waals surface area contributed by atoms with Crippen molar-refractivity contribution >= 4 is 15.9 Å². The number of hydrogen-bond acceptors (Lipinski definition) is 2. The van der Waals surface area contributed by atoms with Gasteiger partial charge in [0.15, 0.2) is 11.6 Å². The molecule has 0 saturated carbocycles. The Morgan fingerprint density at radius 3 is 2.77 bits per heavy atom. The Hall–Kier alpha value is -0.610. The average Bonchev–Trinajstić information content (AvgIpc) is 2.12. The van der Waals surface area contributed by atoms with E-state index in [1.807, 2.05) is 0 Å². The SMILES string of the molecule is NCCCc1c(Br)ccc(O)c1F. The molecule has 0 bridgehead atoms. The van der Waals surface area contributed by atoms with Gasteiger partial charge in [-0.3, -0.25) is 0 Å². The topological polar surface area (TPSA) is 46.2 Å². The van der Waals surface area contributed by atoms with E-state index in [2.05, 4.69) is 15.9 Å². The molecule has 0 heterocycles.